The average Bonchev–Trinajstić information content (AvgIpc) is 2.79. The van der Waals surface area contributed by atoms with Gasteiger partial charge in [-0.2, -0.15) is 13.2 Å². The summed E-state index contributed by atoms with van der Waals surface area (Å²) in [5.74, 6) is -2.63. The van der Waals surface area contributed by atoms with E-state index in [1.165, 1.54) is 6.92 Å². The van der Waals surface area contributed by atoms with Crippen LogP contribution < -0.4 is 10.6 Å². The third-order valence-electron chi connectivity index (χ3n) is 2.51. The number of anilines is 2. The van der Waals surface area contributed by atoms with Crippen LogP contribution in [-0.4, -0.2) is 23.0 Å². The SMILES string of the molecule is Cc1nc(NC(=O)C(F)(F)F)sc1C(=O)Nc1ccccc1. The summed E-state index contributed by atoms with van der Waals surface area (Å²) in [5, 5.41) is 3.94. The molecule has 9 heteroatoms. The third-order valence-corrected chi connectivity index (χ3v) is 3.58. The molecule has 0 aliphatic rings. The van der Waals surface area contributed by atoms with Crippen LogP contribution in [0.1, 0.15) is 15.4 Å². The fourth-order valence-corrected chi connectivity index (χ4v) is 2.39. The summed E-state index contributed by atoms with van der Waals surface area (Å²) in [7, 11) is 0. The molecule has 2 rings (SSSR count). The van der Waals surface area contributed by atoms with Crippen molar-refractivity contribution in [2.45, 2.75) is 13.1 Å². The van der Waals surface area contributed by atoms with E-state index in [1.807, 2.05) is 0 Å². The van der Waals surface area contributed by atoms with Crippen LogP contribution in [0, 0.1) is 6.92 Å². The number of rotatable bonds is 3. The zero-order chi connectivity index (χ0) is 16.3. The van der Waals surface area contributed by atoms with E-state index in [4.69, 9.17) is 0 Å². The van der Waals surface area contributed by atoms with Gasteiger partial charge in [-0.1, -0.05) is 29.5 Å². The molecule has 2 amide bonds. The minimum Gasteiger partial charge on any atom is -0.321 e. The van der Waals surface area contributed by atoms with Crippen molar-refractivity contribution >= 4 is 34.0 Å². The van der Waals surface area contributed by atoms with Crippen LogP contribution in [0.3, 0.4) is 0 Å². The Kier molecular flexibility index (Phi) is 4.45. The Morgan fingerprint density at radius 1 is 1.14 bits per heavy atom. The molecule has 0 saturated carbocycles. The molecule has 0 spiro atoms. The number of carbonyl (C=O) groups excluding carboxylic acids is 2. The quantitative estimate of drug-likeness (QED) is 0.908. The van der Waals surface area contributed by atoms with E-state index in [-0.39, 0.29) is 15.7 Å². The maximum Gasteiger partial charge on any atom is 0.471 e. The fourth-order valence-electron chi connectivity index (χ4n) is 1.54. The molecule has 1 aromatic carbocycles. The van der Waals surface area contributed by atoms with Crippen LogP contribution in [0.4, 0.5) is 24.0 Å². The Bertz CT molecular complexity index is 698. The molecule has 0 fully saturated rings. The maximum absolute atomic E-state index is 12.2. The minimum atomic E-state index is -5.01. The highest BCUT2D eigenvalue weighted by Crippen LogP contribution is 2.25. The fraction of sp³-hybridized carbons (Fsp3) is 0.154. The molecule has 0 unspecified atom stereocenters. The van der Waals surface area contributed by atoms with Crippen molar-refractivity contribution in [3.8, 4) is 0 Å². The zero-order valence-electron chi connectivity index (χ0n) is 11.2. The van der Waals surface area contributed by atoms with Gasteiger partial charge in [-0.25, -0.2) is 4.98 Å². The number of aryl methyl sites for hydroxylation is 1. The highest BCUT2D eigenvalue weighted by molar-refractivity contribution is 7.17. The predicted octanol–water partition coefficient (Wildman–Crippen LogP) is 3.20. The molecular formula is C13H10F3N3O2S. The van der Waals surface area contributed by atoms with Gasteiger partial charge in [0.2, 0.25) is 0 Å². The Morgan fingerprint density at radius 2 is 1.77 bits per heavy atom. The number of para-hydroxylation sites is 1. The largest absolute Gasteiger partial charge is 0.471 e. The van der Waals surface area contributed by atoms with E-state index in [2.05, 4.69) is 10.3 Å². The molecule has 1 heterocycles. The molecule has 2 aromatic rings. The standard InChI is InChI=1S/C13H10F3N3O2S/c1-7-9(10(20)18-8-5-3-2-4-6-8)22-12(17-7)19-11(21)13(14,15)16/h2-6H,1H3,(H,18,20)(H,17,19,21). The Balaban J connectivity index is 2.13. The summed E-state index contributed by atoms with van der Waals surface area (Å²) in [5.41, 5.74) is 0.775. The summed E-state index contributed by atoms with van der Waals surface area (Å²) in [4.78, 5) is 26.8. The number of hydrogen-bond acceptors (Lipinski definition) is 4. The van der Waals surface area contributed by atoms with Gasteiger partial charge in [-0.3, -0.25) is 14.9 Å². The van der Waals surface area contributed by atoms with Crippen LogP contribution in [0.25, 0.3) is 0 Å². The van der Waals surface area contributed by atoms with E-state index < -0.39 is 18.0 Å². The average molecular weight is 329 g/mol. The topological polar surface area (TPSA) is 71.1 Å². The van der Waals surface area contributed by atoms with Crippen LogP contribution in [0.5, 0.6) is 0 Å². The summed E-state index contributed by atoms with van der Waals surface area (Å²) in [6.45, 7) is 1.47. The lowest BCUT2D eigenvalue weighted by molar-refractivity contribution is -0.167. The van der Waals surface area contributed by atoms with Crippen molar-refractivity contribution in [3.63, 3.8) is 0 Å². The van der Waals surface area contributed by atoms with Crippen LogP contribution in [0.15, 0.2) is 30.3 Å². The van der Waals surface area contributed by atoms with E-state index >= 15 is 0 Å². The van der Waals surface area contributed by atoms with Gasteiger partial charge in [0.25, 0.3) is 5.91 Å². The number of nitrogens with one attached hydrogen (secondary N) is 2. The molecule has 0 saturated heterocycles. The second kappa shape index (κ2) is 6.14. The Morgan fingerprint density at radius 3 is 2.36 bits per heavy atom. The number of thiazole rings is 1. The van der Waals surface area contributed by atoms with Gasteiger partial charge in [0.05, 0.1) is 5.69 Å². The third kappa shape index (κ3) is 3.82. The number of amides is 2. The van der Waals surface area contributed by atoms with Crippen LogP contribution in [-0.2, 0) is 4.79 Å². The van der Waals surface area contributed by atoms with Gasteiger partial charge in [0, 0.05) is 5.69 Å². The van der Waals surface area contributed by atoms with Gasteiger partial charge >= 0.3 is 12.1 Å². The molecule has 0 bridgehead atoms. The lowest BCUT2D eigenvalue weighted by Gasteiger charge is -2.04. The molecule has 0 aliphatic heterocycles. The predicted molar refractivity (Wildman–Crippen MR) is 75.9 cm³/mol. The smallest absolute Gasteiger partial charge is 0.321 e. The second-order valence-corrected chi connectivity index (χ2v) is 5.20. The number of aromatic nitrogens is 1. The van der Waals surface area contributed by atoms with Gasteiger partial charge in [0.1, 0.15) is 4.88 Å². The molecule has 1 aromatic heterocycles. The second-order valence-electron chi connectivity index (χ2n) is 4.21. The highest BCUT2D eigenvalue weighted by atomic mass is 32.1. The molecule has 22 heavy (non-hydrogen) atoms. The molecule has 0 aliphatic carbocycles. The lowest BCUT2D eigenvalue weighted by Crippen LogP contribution is -2.29. The molecule has 5 nitrogen and oxygen atoms in total. The van der Waals surface area contributed by atoms with Gasteiger partial charge < -0.3 is 5.32 Å². The molecule has 116 valence electrons. The van der Waals surface area contributed by atoms with Gasteiger partial charge in [-0.15, -0.1) is 0 Å². The first kappa shape index (κ1) is 16.0. The summed E-state index contributed by atoms with van der Waals surface area (Å²) in [6, 6.07) is 8.56. The van der Waals surface area contributed by atoms with E-state index in [9.17, 15) is 22.8 Å². The molecule has 0 atom stereocenters. The molecular weight excluding hydrogens is 319 g/mol. The normalized spacial score (nSPS) is 11.1. The minimum absolute atomic E-state index is 0.126. The molecule has 0 radical (unpaired) electrons. The monoisotopic (exact) mass is 329 g/mol. The van der Waals surface area contributed by atoms with Crippen molar-refractivity contribution < 1.29 is 22.8 Å². The van der Waals surface area contributed by atoms with Gasteiger partial charge in [0.15, 0.2) is 5.13 Å². The Labute approximate surface area is 127 Å². The van der Waals surface area contributed by atoms with Crippen LogP contribution >= 0.6 is 11.3 Å². The summed E-state index contributed by atoms with van der Waals surface area (Å²) < 4.78 is 36.5. The number of carbonyl (C=O) groups is 2. The maximum atomic E-state index is 12.2. The number of alkyl halides is 3. The first-order valence-corrected chi connectivity index (χ1v) is 6.81. The number of benzene rings is 1. The number of nitrogens with zero attached hydrogens (tertiary/aromatic N) is 1. The van der Waals surface area contributed by atoms with E-state index in [1.54, 1.807) is 35.6 Å². The van der Waals surface area contributed by atoms with E-state index in [0.717, 1.165) is 0 Å². The van der Waals surface area contributed by atoms with E-state index in [0.29, 0.717) is 17.0 Å². The first-order valence-electron chi connectivity index (χ1n) is 5.99. The Hall–Kier alpha value is -2.42. The number of hydrogen-bond donors (Lipinski definition) is 2. The lowest BCUT2D eigenvalue weighted by atomic mass is 10.3. The summed E-state index contributed by atoms with van der Waals surface area (Å²) in [6.07, 6.45) is -5.01. The highest BCUT2D eigenvalue weighted by Gasteiger charge is 2.39. The van der Waals surface area contributed by atoms with Crippen molar-refractivity contribution in [1.29, 1.82) is 0 Å². The first-order chi connectivity index (χ1) is 10.3. The zero-order valence-corrected chi connectivity index (χ0v) is 12.0. The van der Waals surface area contributed by atoms with Crippen molar-refractivity contribution in [1.82, 2.24) is 4.98 Å². The van der Waals surface area contributed by atoms with Crippen LogP contribution in [0.2, 0.25) is 0 Å². The van der Waals surface area contributed by atoms with Crippen molar-refractivity contribution in [2.24, 2.45) is 0 Å². The summed E-state index contributed by atoms with van der Waals surface area (Å²) >= 11 is 0.676. The number of halogens is 3. The molecule has 2 N–H and O–H groups in total. The van der Waals surface area contributed by atoms with Crippen molar-refractivity contribution in [3.05, 3.63) is 40.9 Å². The van der Waals surface area contributed by atoms with Crippen molar-refractivity contribution in [2.75, 3.05) is 10.6 Å². The van der Waals surface area contributed by atoms with Gasteiger partial charge in [-0.05, 0) is 19.1 Å².